The summed E-state index contributed by atoms with van der Waals surface area (Å²) in [6, 6.07) is 5.58. The summed E-state index contributed by atoms with van der Waals surface area (Å²) in [4.78, 5) is 12.8. The number of thiocarbonyl (C=S) groups is 1. The van der Waals surface area contributed by atoms with Crippen molar-refractivity contribution >= 4 is 23.2 Å². The molecule has 4 N–H and O–H groups in total. The van der Waals surface area contributed by atoms with Gasteiger partial charge in [0.15, 0.2) is 11.7 Å². The molecule has 1 aromatic rings. The third-order valence-corrected chi connectivity index (χ3v) is 2.64. The van der Waals surface area contributed by atoms with Gasteiger partial charge in [-0.05, 0) is 24.4 Å². The largest absolute Gasteiger partial charge is 0.484 e. The van der Waals surface area contributed by atoms with E-state index in [2.05, 4.69) is 16.2 Å². The molecule has 0 aliphatic heterocycles. The number of hydrogen-bond donors (Lipinski definition) is 4. The zero-order chi connectivity index (χ0) is 15.7. The molecule has 0 aliphatic rings. The summed E-state index contributed by atoms with van der Waals surface area (Å²) >= 11 is 4.98. The average Bonchev–Trinajstić information content (AvgIpc) is 2.42. The number of benzene rings is 1. The summed E-state index contributed by atoms with van der Waals surface area (Å²) in [5, 5.41) is 3.27. The molecule has 0 aromatic heterocycles. The van der Waals surface area contributed by atoms with Crippen molar-refractivity contribution < 1.29 is 18.8 Å². The maximum atomic E-state index is 12.9. The molecule has 1 aromatic carbocycles. The van der Waals surface area contributed by atoms with Gasteiger partial charge < -0.3 is 15.0 Å². The van der Waals surface area contributed by atoms with Crippen LogP contribution in [-0.4, -0.2) is 44.8 Å². The molecule has 0 saturated carbocycles. The first-order chi connectivity index (χ1) is 9.97. The van der Waals surface area contributed by atoms with E-state index in [9.17, 15) is 9.18 Å². The number of hydrazine groups is 1. The molecule has 0 radical (unpaired) electrons. The fourth-order valence-corrected chi connectivity index (χ4v) is 1.49. The monoisotopic (exact) mass is 315 g/mol. The van der Waals surface area contributed by atoms with E-state index >= 15 is 0 Å². The van der Waals surface area contributed by atoms with E-state index in [1.807, 2.05) is 14.1 Å². The van der Waals surface area contributed by atoms with Crippen molar-refractivity contribution in [2.45, 2.75) is 0 Å². The topological polar surface area (TPSA) is 66.8 Å². The lowest BCUT2D eigenvalue weighted by Crippen LogP contribution is -3.06. The molecule has 8 heteroatoms. The van der Waals surface area contributed by atoms with Crippen LogP contribution in [0.2, 0.25) is 0 Å². The zero-order valence-corrected chi connectivity index (χ0v) is 12.8. The van der Waals surface area contributed by atoms with Crippen LogP contribution in [0.5, 0.6) is 5.75 Å². The van der Waals surface area contributed by atoms with Crippen LogP contribution in [0.15, 0.2) is 24.3 Å². The van der Waals surface area contributed by atoms with Gasteiger partial charge in [0.1, 0.15) is 11.6 Å². The van der Waals surface area contributed by atoms with Crippen LogP contribution < -0.4 is 25.8 Å². The van der Waals surface area contributed by atoms with Crippen molar-refractivity contribution in [2.75, 3.05) is 33.8 Å². The number of amides is 1. The van der Waals surface area contributed by atoms with E-state index in [0.29, 0.717) is 17.4 Å². The van der Waals surface area contributed by atoms with Gasteiger partial charge in [-0.1, -0.05) is 6.07 Å². The van der Waals surface area contributed by atoms with Crippen molar-refractivity contribution in [3.8, 4) is 5.75 Å². The molecule has 0 fully saturated rings. The van der Waals surface area contributed by atoms with Crippen LogP contribution in [-0.2, 0) is 4.79 Å². The molecule has 116 valence electrons. The second kappa shape index (κ2) is 9.09. The number of quaternary nitrogens is 1. The van der Waals surface area contributed by atoms with Gasteiger partial charge in [-0.3, -0.25) is 15.6 Å². The molecular formula is C13H20FN4O2S+. The van der Waals surface area contributed by atoms with Gasteiger partial charge in [-0.25, -0.2) is 4.39 Å². The Morgan fingerprint density at radius 1 is 1.38 bits per heavy atom. The number of likely N-dealkylation sites (N-methyl/N-ethyl adjacent to an activating group) is 1. The van der Waals surface area contributed by atoms with Crippen molar-refractivity contribution in [3.63, 3.8) is 0 Å². The molecule has 21 heavy (non-hydrogen) atoms. The summed E-state index contributed by atoms with van der Waals surface area (Å²) < 4.78 is 18.0. The van der Waals surface area contributed by atoms with Gasteiger partial charge >= 0.3 is 0 Å². The predicted molar refractivity (Wildman–Crippen MR) is 81.5 cm³/mol. The summed E-state index contributed by atoms with van der Waals surface area (Å²) in [6.07, 6.45) is 0. The van der Waals surface area contributed by atoms with Crippen LogP contribution in [0.25, 0.3) is 0 Å². The fraction of sp³-hybridized carbons (Fsp3) is 0.385. The molecule has 0 unspecified atom stereocenters. The quantitative estimate of drug-likeness (QED) is 0.394. The first-order valence-electron chi connectivity index (χ1n) is 6.47. The molecule has 6 nitrogen and oxygen atoms in total. The first-order valence-corrected chi connectivity index (χ1v) is 6.88. The predicted octanol–water partition coefficient (Wildman–Crippen LogP) is -1.16. The molecule has 0 heterocycles. The minimum Gasteiger partial charge on any atom is -0.484 e. The normalized spacial score (nSPS) is 10.1. The van der Waals surface area contributed by atoms with E-state index in [-0.39, 0.29) is 6.61 Å². The molecule has 0 spiro atoms. The molecule has 1 amide bonds. The van der Waals surface area contributed by atoms with Crippen LogP contribution >= 0.6 is 12.2 Å². The number of carbonyl (C=O) groups is 1. The number of halogens is 1. The highest BCUT2D eigenvalue weighted by Crippen LogP contribution is 2.11. The molecule has 0 bridgehead atoms. The van der Waals surface area contributed by atoms with E-state index in [1.165, 1.54) is 23.1 Å². The number of carbonyl (C=O) groups excluding carboxylic acids is 1. The van der Waals surface area contributed by atoms with Crippen LogP contribution in [0.1, 0.15) is 0 Å². The van der Waals surface area contributed by atoms with Gasteiger partial charge in [-0.2, -0.15) is 0 Å². The van der Waals surface area contributed by atoms with Gasteiger partial charge in [0.05, 0.1) is 27.2 Å². The smallest absolute Gasteiger partial charge is 0.276 e. The second-order valence-corrected chi connectivity index (χ2v) is 5.04. The van der Waals surface area contributed by atoms with E-state index in [1.54, 1.807) is 6.07 Å². The summed E-state index contributed by atoms with van der Waals surface area (Å²) in [5.74, 6) is -0.541. The molecule has 1 rings (SSSR count). The maximum Gasteiger partial charge on any atom is 0.276 e. The van der Waals surface area contributed by atoms with E-state index in [4.69, 9.17) is 17.0 Å². The van der Waals surface area contributed by atoms with Crippen molar-refractivity contribution in [1.82, 2.24) is 16.2 Å². The third-order valence-electron chi connectivity index (χ3n) is 2.39. The Morgan fingerprint density at radius 3 is 2.81 bits per heavy atom. The Balaban J connectivity index is 2.17. The second-order valence-electron chi connectivity index (χ2n) is 4.63. The Bertz CT molecular complexity index is 485. The maximum absolute atomic E-state index is 12.9. The Morgan fingerprint density at radius 2 is 2.14 bits per heavy atom. The summed E-state index contributed by atoms with van der Waals surface area (Å²) in [6.45, 7) is 1.36. The Hall–Kier alpha value is -1.93. The van der Waals surface area contributed by atoms with Crippen LogP contribution in [0.4, 0.5) is 4.39 Å². The Labute approximate surface area is 128 Å². The van der Waals surface area contributed by atoms with Crippen LogP contribution in [0.3, 0.4) is 0 Å². The molecule has 0 atom stereocenters. The lowest BCUT2D eigenvalue weighted by Gasteiger charge is -2.13. The van der Waals surface area contributed by atoms with Gasteiger partial charge in [0.2, 0.25) is 0 Å². The van der Waals surface area contributed by atoms with Crippen LogP contribution in [0, 0.1) is 5.82 Å². The number of rotatable bonds is 6. The summed E-state index contributed by atoms with van der Waals surface area (Å²) in [5.41, 5.74) is 4.95. The average molecular weight is 315 g/mol. The first kappa shape index (κ1) is 17.1. The number of hydrogen-bond acceptors (Lipinski definition) is 3. The molecule has 0 saturated heterocycles. The van der Waals surface area contributed by atoms with E-state index in [0.717, 1.165) is 6.54 Å². The van der Waals surface area contributed by atoms with Crippen molar-refractivity contribution in [3.05, 3.63) is 30.1 Å². The third kappa shape index (κ3) is 8.05. The number of ether oxygens (including phenoxy) is 1. The van der Waals surface area contributed by atoms with E-state index < -0.39 is 11.7 Å². The van der Waals surface area contributed by atoms with Gasteiger partial charge in [0, 0.05) is 6.07 Å². The van der Waals surface area contributed by atoms with Crippen molar-refractivity contribution in [2.24, 2.45) is 0 Å². The Kier molecular flexibility index (Phi) is 7.41. The highest BCUT2D eigenvalue weighted by molar-refractivity contribution is 7.80. The minimum absolute atomic E-state index is 0.235. The van der Waals surface area contributed by atoms with Gasteiger partial charge in [0.25, 0.3) is 5.91 Å². The lowest BCUT2D eigenvalue weighted by atomic mass is 10.3. The number of nitrogens with one attached hydrogen (secondary N) is 4. The molecule has 0 aliphatic carbocycles. The lowest BCUT2D eigenvalue weighted by molar-refractivity contribution is -0.856. The van der Waals surface area contributed by atoms with Gasteiger partial charge in [-0.15, -0.1) is 0 Å². The highest BCUT2D eigenvalue weighted by atomic mass is 32.1. The standard InChI is InChI=1S/C13H19FN4O2S/c1-18(2)7-6-15-13(21)17-16-12(19)9-20-11-5-3-4-10(14)8-11/h3-5,8H,6-7,9H2,1-2H3,(H,16,19)(H2,15,17,21)/p+1. The zero-order valence-electron chi connectivity index (χ0n) is 12.0. The minimum atomic E-state index is -0.417. The highest BCUT2D eigenvalue weighted by Gasteiger charge is 2.04. The fourth-order valence-electron chi connectivity index (χ4n) is 1.34. The SMILES string of the molecule is C[NH+](C)CCNC(=S)NNC(=O)COc1cccc(F)c1. The molecular weight excluding hydrogens is 295 g/mol. The summed E-state index contributed by atoms with van der Waals surface area (Å²) in [7, 11) is 4.06. The van der Waals surface area contributed by atoms with Crippen molar-refractivity contribution in [1.29, 1.82) is 0 Å².